The van der Waals surface area contributed by atoms with E-state index in [1.54, 1.807) is 21.3 Å². The van der Waals surface area contributed by atoms with Gasteiger partial charge in [-0.25, -0.2) is 0 Å². The first-order chi connectivity index (χ1) is 10.6. The van der Waals surface area contributed by atoms with Crippen molar-refractivity contribution in [1.82, 2.24) is 10.2 Å². The van der Waals surface area contributed by atoms with Gasteiger partial charge in [-0.05, 0) is 17.7 Å². The summed E-state index contributed by atoms with van der Waals surface area (Å²) in [4.78, 5) is 14.1. The summed E-state index contributed by atoms with van der Waals surface area (Å²) in [5.41, 5.74) is 1.06. The Balaban J connectivity index is 2.09. The smallest absolute Gasteiger partial charge is 0.224 e. The minimum Gasteiger partial charge on any atom is -0.497 e. The summed E-state index contributed by atoms with van der Waals surface area (Å²) < 4.78 is 10.6. The van der Waals surface area contributed by atoms with Crippen molar-refractivity contribution in [3.63, 3.8) is 0 Å². The van der Waals surface area contributed by atoms with E-state index in [0.717, 1.165) is 17.1 Å². The summed E-state index contributed by atoms with van der Waals surface area (Å²) in [5.74, 6) is 1.30. The lowest BCUT2D eigenvalue weighted by Gasteiger charge is -2.17. The third kappa shape index (κ3) is 3.69. The molecular formula is C16H24N2O4. The number of hydrogen-bond donors (Lipinski definition) is 2. The fraction of sp³-hybridized carbons (Fsp3) is 0.562. The van der Waals surface area contributed by atoms with Gasteiger partial charge in [0.05, 0.1) is 20.1 Å². The van der Waals surface area contributed by atoms with Crippen molar-refractivity contribution in [3.8, 4) is 11.5 Å². The molecular weight excluding hydrogens is 284 g/mol. The molecule has 1 aliphatic heterocycles. The van der Waals surface area contributed by atoms with Crippen LogP contribution in [0.3, 0.4) is 0 Å². The van der Waals surface area contributed by atoms with Crippen LogP contribution in [0.1, 0.15) is 5.56 Å². The minimum atomic E-state index is -0.164. The molecule has 6 nitrogen and oxygen atoms in total. The van der Waals surface area contributed by atoms with E-state index in [-0.39, 0.29) is 24.3 Å². The molecule has 6 heteroatoms. The summed E-state index contributed by atoms with van der Waals surface area (Å²) in [5, 5.41) is 12.2. The predicted octanol–water partition coefficient (Wildman–Crippen LogP) is 0.490. The highest BCUT2D eigenvalue weighted by Crippen LogP contribution is 2.28. The highest BCUT2D eigenvalue weighted by Gasteiger charge is 2.36. The first kappa shape index (κ1) is 16.6. The summed E-state index contributed by atoms with van der Waals surface area (Å²) in [6, 6.07) is 5.75. The van der Waals surface area contributed by atoms with E-state index < -0.39 is 0 Å². The van der Waals surface area contributed by atoms with Gasteiger partial charge in [-0.1, -0.05) is 0 Å². The number of ether oxygens (including phenoxy) is 2. The Kier molecular flexibility index (Phi) is 5.63. The van der Waals surface area contributed by atoms with E-state index in [4.69, 9.17) is 9.47 Å². The van der Waals surface area contributed by atoms with E-state index in [0.29, 0.717) is 19.6 Å². The Labute approximate surface area is 131 Å². The normalized spacial score (nSPS) is 21.6. The van der Waals surface area contributed by atoms with Crippen molar-refractivity contribution >= 4 is 5.91 Å². The molecule has 1 aromatic rings. The van der Waals surface area contributed by atoms with Crippen molar-refractivity contribution in [2.24, 2.45) is 11.8 Å². The van der Waals surface area contributed by atoms with Crippen LogP contribution in [0.5, 0.6) is 11.5 Å². The van der Waals surface area contributed by atoms with Gasteiger partial charge >= 0.3 is 0 Å². The molecule has 0 aromatic heterocycles. The second-order valence-corrected chi connectivity index (χ2v) is 5.58. The summed E-state index contributed by atoms with van der Waals surface area (Å²) >= 11 is 0. The van der Waals surface area contributed by atoms with E-state index >= 15 is 0 Å². The highest BCUT2D eigenvalue weighted by atomic mass is 16.5. The number of aliphatic hydroxyl groups excluding tert-OH is 1. The number of amides is 1. The molecule has 2 N–H and O–H groups in total. The van der Waals surface area contributed by atoms with Crippen LogP contribution >= 0.6 is 0 Å². The molecule has 0 bridgehead atoms. The Hall–Kier alpha value is -1.79. The van der Waals surface area contributed by atoms with Gasteiger partial charge in [-0.3, -0.25) is 9.69 Å². The Morgan fingerprint density at radius 3 is 2.41 bits per heavy atom. The van der Waals surface area contributed by atoms with Gasteiger partial charge in [-0.2, -0.15) is 0 Å². The largest absolute Gasteiger partial charge is 0.497 e. The monoisotopic (exact) mass is 308 g/mol. The molecule has 122 valence electrons. The van der Waals surface area contributed by atoms with E-state index in [2.05, 4.69) is 10.2 Å². The number of rotatable bonds is 6. The van der Waals surface area contributed by atoms with Gasteiger partial charge in [0.1, 0.15) is 11.5 Å². The van der Waals surface area contributed by atoms with Crippen LogP contribution in [-0.2, 0) is 11.3 Å². The van der Waals surface area contributed by atoms with Crippen LogP contribution < -0.4 is 14.8 Å². The fourth-order valence-corrected chi connectivity index (χ4v) is 2.97. The van der Waals surface area contributed by atoms with E-state index in [1.165, 1.54) is 0 Å². The number of nitrogens with zero attached hydrogens (tertiary/aromatic N) is 1. The van der Waals surface area contributed by atoms with Crippen LogP contribution in [0.25, 0.3) is 0 Å². The van der Waals surface area contributed by atoms with Crippen LogP contribution in [0.15, 0.2) is 18.2 Å². The molecule has 2 rings (SSSR count). The third-order valence-corrected chi connectivity index (χ3v) is 4.15. The van der Waals surface area contributed by atoms with E-state index in [1.807, 2.05) is 18.2 Å². The minimum absolute atomic E-state index is 0.00947. The second kappa shape index (κ2) is 7.47. The standard InChI is InChI=1S/C16H24N2O4/c1-17-16(20)15-9-18(8-12(15)10-19)7-11-4-13(21-2)6-14(5-11)22-3/h4-6,12,15,19H,7-10H2,1-3H3,(H,17,20)/t12-,15+/m0/s1. The second-order valence-electron chi connectivity index (χ2n) is 5.58. The van der Waals surface area contributed by atoms with Crippen molar-refractivity contribution in [2.45, 2.75) is 6.54 Å². The van der Waals surface area contributed by atoms with Crippen molar-refractivity contribution in [2.75, 3.05) is 41.0 Å². The lowest BCUT2D eigenvalue weighted by Crippen LogP contribution is -2.33. The molecule has 1 amide bonds. The van der Waals surface area contributed by atoms with Crippen LogP contribution in [0, 0.1) is 11.8 Å². The maximum absolute atomic E-state index is 11.9. The molecule has 22 heavy (non-hydrogen) atoms. The molecule has 1 aromatic carbocycles. The third-order valence-electron chi connectivity index (χ3n) is 4.15. The summed E-state index contributed by atoms with van der Waals surface area (Å²) in [7, 11) is 4.88. The quantitative estimate of drug-likeness (QED) is 0.800. The Morgan fingerprint density at radius 1 is 1.27 bits per heavy atom. The van der Waals surface area contributed by atoms with Crippen LogP contribution in [-0.4, -0.2) is 56.9 Å². The molecule has 1 aliphatic rings. The molecule has 0 unspecified atom stereocenters. The molecule has 0 aliphatic carbocycles. The molecule has 0 spiro atoms. The van der Waals surface area contributed by atoms with Gasteiger partial charge in [0, 0.05) is 45.3 Å². The lowest BCUT2D eigenvalue weighted by atomic mass is 9.96. The highest BCUT2D eigenvalue weighted by molar-refractivity contribution is 5.79. The summed E-state index contributed by atoms with van der Waals surface area (Å²) in [6.07, 6.45) is 0. The van der Waals surface area contributed by atoms with Crippen LogP contribution in [0.4, 0.5) is 0 Å². The van der Waals surface area contributed by atoms with Gasteiger partial charge < -0.3 is 19.9 Å². The zero-order valence-corrected chi connectivity index (χ0v) is 13.3. The number of methoxy groups -OCH3 is 2. The predicted molar refractivity (Wildman–Crippen MR) is 83.0 cm³/mol. The molecule has 2 atom stereocenters. The average molecular weight is 308 g/mol. The Bertz CT molecular complexity index is 499. The fourth-order valence-electron chi connectivity index (χ4n) is 2.97. The number of hydrogen-bond acceptors (Lipinski definition) is 5. The number of carbonyl (C=O) groups is 1. The first-order valence-electron chi connectivity index (χ1n) is 7.38. The van der Waals surface area contributed by atoms with Crippen molar-refractivity contribution in [3.05, 3.63) is 23.8 Å². The summed E-state index contributed by atoms with van der Waals surface area (Å²) in [6.45, 7) is 2.06. The number of benzene rings is 1. The number of likely N-dealkylation sites (tertiary alicyclic amines) is 1. The molecule has 0 radical (unpaired) electrons. The number of carbonyl (C=O) groups excluding carboxylic acids is 1. The van der Waals surface area contributed by atoms with Gasteiger partial charge in [0.15, 0.2) is 0 Å². The Morgan fingerprint density at radius 2 is 1.91 bits per heavy atom. The van der Waals surface area contributed by atoms with Crippen molar-refractivity contribution in [1.29, 1.82) is 0 Å². The number of nitrogens with one attached hydrogen (secondary N) is 1. The average Bonchev–Trinajstić information content (AvgIpc) is 2.96. The first-order valence-corrected chi connectivity index (χ1v) is 7.38. The topological polar surface area (TPSA) is 71.0 Å². The zero-order valence-electron chi connectivity index (χ0n) is 13.3. The maximum atomic E-state index is 11.9. The lowest BCUT2D eigenvalue weighted by molar-refractivity contribution is -0.125. The molecule has 1 heterocycles. The molecule has 1 fully saturated rings. The van der Waals surface area contributed by atoms with Crippen molar-refractivity contribution < 1.29 is 19.4 Å². The molecule has 1 saturated heterocycles. The maximum Gasteiger partial charge on any atom is 0.224 e. The SMILES string of the molecule is CNC(=O)[C@@H]1CN(Cc2cc(OC)cc(OC)c2)C[C@H]1CO. The van der Waals surface area contributed by atoms with Crippen LogP contribution in [0.2, 0.25) is 0 Å². The molecule has 0 saturated carbocycles. The zero-order chi connectivity index (χ0) is 16.1. The van der Waals surface area contributed by atoms with E-state index in [9.17, 15) is 9.90 Å². The van der Waals surface area contributed by atoms with Gasteiger partial charge in [-0.15, -0.1) is 0 Å². The van der Waals surface area contributed by atoms with Gasteiger partial charge in [0.25, 0.3) is 0 Å². The number of aliphatic hydroxyl groups is 1. The van der Waals surface area contributed by atoms with Gasteiger partial charge in [0.2, 0.25) is 5.91 Å².